The monoisotopic (exact) mass is 408 g/mol. The van der Waals surface area contributed by atoms with Gasteiger partial charge in [-0.1, -0.05) is 18.2 Å². The number of rotatable bonds is 5. The van der Waals surface area contributed by atoms with Crippen molar-refractivity contribution in [2.45, 2.75) is 18.8 Å². The van der Waals surface area contributed by atoms with Gasteiger partial charge in [-0.15, -0.1) is 11.3 Å². The summed E-state index contributed by atoms with van der Waals surface area (Å²) in [5.41, 5.74) is 1.98. The van der Waals surface area contributed by atoms with Crippen LogP contribution in [-0.2, 0) is 4.79 Å². The van der Waals surface area contributed by atoms with Gasteiger partial charge in [0.1, 0.15) is 0 Å². The van der Waals surface area contributed by atoms with E-state index in [9.17, 15) is 4.79 Å². The fourth-order valence-corrected chi connectivity index (χ4v) is 4.78. The molecule has 0 unspecified atom stereocenters. The summed E-state index contributed by atoms with van der Waals surface area (Å²) in [4.78, 5) is 19.3. The number of para-hydroxylation sites is 1. The van der Waals surface area contributed by atoms with Crippen LogP contribution in [0, 0.1) is 0 Å². The highest BCUT2D eigenvalue weighted by Gasteiger charge is 2.25. The van der Waals surface area contributed by atoms with Gasteiger partial charge in [0.2, 0.25) is 5.91 Å². The normalized spacial score (nSPS) is 15.2. The van der Waals surface area contributed by atoms with Crippen LogP contribution in [0.2, 0.25) is 0 Å². The number of amides is 1. The van der Waals surface area contributed by atoms with Crippen molar-refractivity contribution >= 4 is 33.5 Å². The number of hydrogen-bond donors (Lipinski definition) is 0. The number of aromatic nitrogens is 1. The SMILES string of the molecule is COc1ccc(C=CC(=O)N2CCC(c3nc4ccccc4s3)CC2)cc1OC. The summed E-state index contributed by atoms with van der Waals surface area (Å²) < 4.78 is 11.8. The molecular weight excluding hydrogens is 384 g/mol. The predicted octanol–water partition coefficient (Wildman–Crippen LogP) is 4.73. The van der Waals surface area contributed by atoms with Gasteiger partial charge in [0, 0.05) is 25.1 Å². The fraction of sp³-hybridized carbons (Fsp3) is 0.304. The molecule has 0 bridgehead atoms. The number of benzene rings is 2. The highest BCUT2D eigenvalue weighted by Crippen LogP contribution is 2.34. The molecule has 1 amide bonds. The number of thiazole rings is 1. The van der Waals surface area contributed by atoms with Gasteiger partial charge in [0.25, 0.3) is 0 Å². The van der Waals surface area contributed by atoms with E-state index < -0.39 is 0 Å². The summed E-state index contributed by atoms with van der Waals surface area (Å²) in [6.07, 6.45) is 5.37. The minimum Gasteiger partial charge on any atom is -0.493 e. The van der Waals surface area contributed by atoms with Crippen LogP contribution in [0.5, 0.6) is 11.5 Å². The van der Waals surface area contributed by atoms with E-state index in [1.165, 1.54) is 9.71 Å². The van der Waals surface area contributed by atoms with Crippen molar-refractivity contribution in [2.24, 2.45) is 0 Å². The number of hydrogen-bond acceptors (Lipinski definition) is 5. The van der Waals surface area contributed by atoms with Crippen LogP contribution >= 0.6 is 11.3 Å². The van der Waals surface area contributed by atoms with Crippen molar-refractivity contribution < 1.29 is 14.3 Å². The van der Waals surface area contributed by atoms with Gasteiger partial charge in [-0.25, -0.2) is 4.98 Å². The van der Waals surface area contributed by atoms with Gasteiger partial charge in [0.05, 0.1) is 29.4 Å². The Bertz CT molecular complexity index is 1000. The summed E-state index contributed by atoms with van der Waals surface area (Å²) in [5, 5.41) is 1.19. The third-order valence-corrected chi connectivity index (χ3v) is 6.49. The van der Waals surface area contributed by atoms with Gasteiger partial charge in [-0.3, -0.25) is 4.79 Å². The van der Waals surface area contributed by atoms with Crippen LogP contribution in [0.1, 0.15) is 29.3 Å². The van der Waals surface area contributed by atoms with Crippen molar-refractivity contribution in [1.82, 2.24) is 9.88 Å². The van der Waals surface area contributed by atoms with Crippen molar-refractivity contribution in [3.63, 3.8) is 0 Å². The maximum atomic E-state index is 12.6. The molecule has 2 aromatic carbocycles. The van der Waals surface area contributed by atoms with E-state index in [-0.39, 0.29) is 5.91 Å². The number of nitrogens with zero attached hydrogens (tertiary/aromatic N) is 2. The molecule has 6 heteroatoms. The molecule has 1 saturated heterocycles. The average molecular weight is 409 g/mol. The molecule has 0 saturated carbocycles. The summed E-state index contributed by atoms with van der Waals surface area (Å²) >= 11 is 1.78. The molecule has 2 heterocycles. The van der Waals surface area contributed by atoms with Crippen LogP contribution in [-0.4, -0.2) is 43.1 Å². The third-order valence-electron chi connectivity index (χ3n) is 5.29. The number of methoxy groups -OCH3 is 2. The van der Waals surface area contributed by atoms with E-state index in [4.69, 9.17) is 14.5 Å². The molecule has 0 spiro atoms. The minimum absolute atomic E-state index is 0.0440. The second-order valence-corrected chi connectivity index (χ2v) is 8.13. The number of carbonyl (C=O) groups is 1. The van der Waals surface area contributed by atoms with Crippen LogP contribution in [0.4, 0.5) is 0 Å². The first-order valence-corrected chi connectivity index (χ1v) is 10.5. The summed E-state index contributed by atoms with van der Waals surface area (Å²) in [7, 11) is 3.21. The van der Waals surface area contributed by atoms with E-state index >= 15 is 0 Å². The van der Waals surface area contributed by atoms with Crippen molar-refractivity contribution in [3.05, 3.63) is 59.1 Å². The van der Waals surface area contributed by atoms with Crippen molar-refractivity contribution in [2.75, 3.05) is 27.3 Å². The lowest BCUT2D eigenvalue weighted by Crippen LogP contribution is -2.36. The molecule has 1 aliphatic heterocycles. The maximum Gasteiger partial charge on any atom is 0.246 e. The van der Waals surface area contributed by atoms with E-state index in [0.717, 1.165) is 37.0 Å². The standard InChI is InChI=1S/C23H24N2O3S/c1-27-19-9-7-16(15-20(19)28-2)8-10-22(26)25-13-11-17(12-14-25)23-24-18-5-3-4-6-21(18)29-23/h3-10,15,17H,11-14H2,1-2H3. The molecule has 0 aliphatic carbocycles. The van der Waals surface area contributed by atoms with Gasteiger partial charge in [-0.2, -0.15) is 0 Å². The Morgan fingerprint density at radius 3 is 2.59 bits per heavy atom. The van der Waals surface area contributed by atoms with Gasteiger partial charge >= 0.3 is 0 Å². The largest absolute Gasteiger partial charge is 0.493 e. The molecule has 29 heavy (non-hydrogen) atoms. The number of carbonyl (C=O) groups excluding carboxylic acids is 1. The quantitative estimate of drug-likeness (QED) is 0.573. The molecule has 3 aromatic rings. The third kappa shape index (κ3) is 4.27. The van der Waals surface area contributed by atoms with Crippen molar-refractivity contribution in [3.8, 4) is 11.5 Å². The van der Waals surface area contributed by atoms with E-state index in [2.05, 4.69) is 18.2 Å². The van der Waals surface area contributed by atoms with Crippen LogP contribution < -0.4 is 9.47 Å². The lowest BCUT2D eigenvalue weighted by atomic mass is 9.97. The van der Waals surface area contributed by atoms with Gasteiger partial charge in [-0.05, 0) is 48.7 Å². The fourth-order valence-electron chi connectivity index (χ4n) is 3.64. The Balaban J connectivity index is 1.37. The molecule has 0 radical (unpaired) electrons. The second-order valence-electron chi connectivity index (χ2n) is 7.07. The lowest BCUT2D eigenvalue weighted by molar-refractivity contribution is -0.126. The molecule has 1 aliphatic rings. The first-order chi connectivity index (χ1) is 14.2. The number of piperidine rings is 1. The van der Waals surface area contributed by atoms with Crippen LogP contribution in [0.3, 0.4) is 0 Å². The summed E-state index contributed by atoms with van der Waals surface area (Å²) in [6.45, 7) is 1.52. The number of ether oxygens (including phenoxy) is 2. The first-order valence-electron chi connectivity index (χ1n) is 9.72. The van der Waals surface area contributed by atoms with E-state index in [1.807, 2.05) is 35.2 Å². The number of likely N-dealkylation sites (tertiary alicyclic amines) is 1. The zero-order valence-corrected chi connectivity index (χ0v) is 17.4. The Morgan fingerprint density at radius 2 is 1.86 bits per heavy atom. The zero-order chi connectivity index (χ0) is 20.2. The zero-order valence-electron chi connectivity index (χ0n) is 16.6. The molecule has 1 fully saturated rings. The van der Waals surface area contributed by atoms with Gasteiger partial charge < -0.3 is 14.4 Å². The van der Waals surface area contributed by atoms with Crippen LogP contribution in [0.15, 0.2) is 48.5 Å². The molecule has 1 aromatic heterocycles. The molecule has 0 N–H and O–H groups in total. The molecule has 150 valence electrons. The molecule has 0 atom stereocenters. The minimum atomic E-state index is 0.0440. The predicted molar refractivity (Wildman–Crippen MR) is 117 cm³/mol. The highest BCUT2D eigenvalue weighted by molar-refractivity contribution is 7.18. The summed E-state index contributed by atoms with van der Waals surface area (Å²) in [6, 6.07) is 13.9. The molecule has 4 rings (SSSR count). The van der Waals surface area contributed by atoms with Crippen LogP contribution in [0.25, 0.3) is 16.3 Å². The smallest absolute Gasteiger partial charge is 0.246 e. The molecule has 5 nitrogen and oxygen atoms in total. The topological polar surface area (TPSA) is 51.7 Å². The highest BCUT2D eigenvalue weighted by atomic mass is 32.1. The van der Waals surface area contributed by atoms with E-state index in [1.54, 1.807) is 31.6 Å². The van der Waals surface area contributed by atoms with E-state index in [0.29, 0.717) is 17.4 Å². The van der Waals surface area contributed by atoms with Crippen molar-refractivity contribution in [1.29, 1.82) is 0 Å². The second kappa shape index (κ2) is 8.66. The first kappa shape index (κ1) is 19.5. The van der Waals surface area contributed by atoms with Gasteiger partial charge in [0.15, 0.2) is 11.5 Å². The Kier molecular flexibility index (Phi) is 5.81. The molecular formula is C23H24N2O3S. The average Bonchev–Trinajstić information content (AvgIpc) is 3.21. The maximum absolute atomic E-state index is 12.6. The number of fused-ring (bicyclic) bond motifs is 1. The summed E-state index contributed by atoms with van der Waals surface area (Å²) in [5.74, 6) is 1.81. The Morgan fingerprint density at radius 1 is 1.10 bits per heavy atom. The Labute approximate surface area is 174 Å². The Hall–Kier alpha value is -2.86. The lowest BCUT2D eigenvalue weighted by Gasteiger charge is -2.30.